The minimum Gasteiger partial charge on any atom is -0.381 e. The predicted molar refractivity (Wildman–Crippen MR) is 120 cm³/mol. The van der Waals surface area contributed by atoms with Crippen molar-refractivity contribution in [3.8, 4) is 11.1 Å². The van der Waals surface area contributed by atoms with E-state index in [1.165, 1.54) is 12.8 Å². The molecule has 152 valence electrons. The van der Waals surface area contributed by atoms with E-state index in [0.717, 1.165) is 66.4 Å². The summed E-state index contributed by atoms with van der Waals surface area (Å²) in [7, 11) is 0. The molecule has 1 aromatic carbocycles. The van der Waals surface area contributed by atoms with Crippen molar-refractivity contribution < 1.29 is 0 Å². The summed E-state index contributed by atoms with van der Waals surface area (Å²) in [6, 6.07) is 14.5. The second-order valence-corrected chi connectivity index (χ2v) is 8.06. The number of nitrogens with one attached hydrogen (secondary N) is 2. The summed E-state index contributed by atoms with van der Waals surface area (Å²) in [6.45, 7) is 2.07. The third kappa shape index (κ3) is 4.31. The van der Waals surface area contributed by atoms with E-state index in [0.29, 0.717) is 6.04 Å². The van der Waals surface area contributed by atoms with Gasteiger partial charge < -0.3 is 10.6 Å². The molecule has 1 saturated heterocycles. The second kappa shape index (κ2) is 8.56. The lowest BCUT2D eigenvalue weighted by Gasteiger charge is -2.14. The molecule has 3 aromatic rings. The molecule has 1 saturated carbocycles. The topological polar surface area (TPSA) is 58.4 Å². The first-order chi connectivity index (χ1) is 13.8. The van der Waals surface area contributed by atoms with E-state index in [9.17, 15) is 4.79 Å². The normalized spacial score (nSPS) is 18.6. The summed E-state index contributed by atoms with van der Waals surface area (Å²) < 4.78 is 1.66. The van der Waals surface area contributed by atoms with Gasteiger partial charge in [-0.1, -0.05) is 31.0 Å². The Kier molecular flexibility index (Phi) is 5.88. The van der Waals surface area contributed by atoms with E-state index < -0.39 is 0 Å². The number of hydrogen-bond donors (Lipinski definition) is 2. The van der Waals surface area contributed by atoms with E-state index in [4.69, 9.17) is 4.98 Å². The maximum absolute atomic E-state index is 13.3. The molecule has 0 radical (unpaired) electrons. The SMILES string of the molecule is Cl.O=c1c(-c2ccc(NC3CCNC3)cc2)c(CCC2CC2)nc2ccccn12. The van der Waals surface area contributed by atoms with E-state index in [-0.39, 0.29) is 18.0 Å². The Bertz CT molecular complexity index is 1040. The fourth-order valence-electron chi connectivity index (χ4n) is 4.10. The number of fused-ring (bicyclic) bond motifs is 1. The number of nitrogens with zero attached hydrogens (tertiary/aromatic N) is 2. The van der Waals surface area contributed by atoms with Crippen LogP contribution in [0.5, 0.6) is 0 Å². The summed E-state index contributed by atoms with van der Waals surface area (Å²) in [6.07, 6.45) is 7.58. The average Bonchev–Trinajstić information content (AvgIpc) is 3.42. The number of aryl methyl sites for hydroxylation is 1. The Balaban J connectivity index is 0.00000205. The van der Waals surface area contributed by atoms with E-state index in [1.807, 2.05) is 24.4 Å². The minimum absolute atomic E-state index is 0. The highest BCUT2D eigenvalue weighted by atomic mass is 35.5. The maximum Gasteiger partial charge on any atom is 0.265 e. The summed E-state index contributed by atoms with van der Waals surface area (Å²) in [5.74, 6) is 0.815. The number of aromatic nitrogens is 2. The van der Waals surface area contributed by atoms with Gasteiger partial charge in [0.1, 0.15) is 5.65 Å². The molecular weight excluding hydrogens is 384 g/mol. The van der Waals surface area contributed by atoms with Gasteiger partial charge in [0, 0.05) is 24.5 Å². The zero-order chi connectivity index (χ0) is 18.9. The van der Waals surface area contributed by atoms with Crippen molar-refractivity contribution in [3.05, 3.63) is 64.7 Å². The van der Waals surface area contributed by atoms with Gasteiger partial charge in [-0.05, 0) is 61.6 Å². The lowest BCUT2D eigenvalue weighted by Crippen LogP contribution is -2.22. The van der Waals surface area contributed by atoms with Crippen LogP contribution in [0.15, 0.2) is 53.5 Å². The van der Waals surface area contributed by atoms with Crippen LogP contribution in [-0.4, -0.2) is 28.5 Å². The molecule has 0 amide bonds. The first kappa shape index (κ1) is 19.9. The van der Waals surface area contributed by atoms with Gasteiger partial charge in [0.05, 0.1) is 11.3 Å². The van der Waals surface area contributed by atoms with Gasteiger partial charge in [-0.3, -0.25) is 9.20 Å². The van der Waals surface area contributed by atoms with E-state index >= 15 is 0 Å². The molecule has 1 aliphatic heterocycles. The van der Waals surface area contributed by atoms with Crippen LogP contribution in [0.1, 0.15) is 31.4 Å². The van der Waals surface area contributed by atoms with Gasteiger partial charge in [-0.25, -0.2) is 4.98 Å². The molecule has 29 heavy (non-hydrogen) atoms. The fraction of sp³-hybridized carbons (Fsp3) is 0.391. The van der Waals surface area contributed by atoms with Crippen LogP contribution >= 0.6 is 12.4 Å². The first-order valence-electron chi connectivity index (χ1n) is 10.4. The van der Waals surface area contributed by atoms with Crippen LogP contribution in [0.2, 0.25) is 0 Å². The summed E-state index contributed by atoms with van der Waals surface area (Å²) in [5.41, 5.74) is 4.50. The molecular formula is C23H27ClN4O. The van der Waals surface area contributed by atoms with Crippen LogP contribution in [0.25, 0.3) is 16.8 Å². The van der Waals surface area contributed by atoms with Crippen molar-refractivity contribution in [2.75, 3.05) is 18.4 Å². The van der Waals surface area contributed by atoms with Gasteiger partial charge >= 0.3 is 0 Å². The molecule has 1 aliphatic carbocycles. The molecule has 2 N–H and O–H groups in total. The molecule has 3 heterocycles. The zero-order valence-electron chi connectivity index (χ0n) is 16.4. The summed E-state index contributed by atoms with van der Waals surface area (Å²) in [5, 5.41) is 6.94. The molecule has 6 heteroatoms. The largest absolute Gasteiger partial charge is 0.381 e. The minimum atomic E-state index is 0. The molecule has 2 aromatic heterocycles. The van der Waals surface area contributed by atoms with E-state index in [1.54, 1.807) is 4.40 Å². The fourth-order valence-corrected chi connectivity index (χ4v) is 4.10. The van der Waals surface area contributed by atoms with Gasteiger partial charge in [-0.2, -0.15) is 0 Å². The second-order valence-electron chi connectivity index (χ2n) is 8.06. The Labute approximate surface area is 177 Å². The maximum atomic E-state index is 13.3. The predicted octanol–water partition coefficient (Wildman–Crippen LogP) is 3.90. The van der Waals surface area contributed by atoms with Gasteiger partial charge in [0.15, 0.2) is 0 Å². The summed E-state index contributed by atoms with van der Waals surface area (Å²) in [4.78, 5) is 18.1. The number of anilines is 1. The van der Waals surface area contributed by atoms with Crippen LogP contribution in [0, 0.1) is 5.92 Å². The van der Waals surface area contributed by atoms with Crippen LogP contribution in [0.4, 0.5) is 5.69 Å². The molecule has 0 spiro atoms. The molecule has 5 nitrogen and oxygen atoms in total. The third-order valence-corrected chi connectivity index (χ3v) is 5.90. The number of pyridine rings is 1. The smallest absolute Gasteiger partial charge is 0.265 e. The summed E-state index contributed by atoms with van der Waals surface area (Å²) >= 11 is 0. The van der Waals surface area contributed by atoms with Gasteiger partial charge in [0.25, 0.3) is 5.56 Å². The molecule has 0 bridgehead atoms. The van der Waals surface area contributed by atoms with Crippen molar-refractivity contribution in [2.45, 2.75) is 38.1 Å². The van der Waals surface area contributed by atoms with E-state index in [2.05, 4.69) is 34.9 Å². The van der Waals surface area contributed by atoms with Crippen molar-refractivity contribution in [1.82, 2.24) is 14.7 Å². The highest BCUT2D eigenvalue weighted by molar-refractivity contribution is 5.85. The molecule has 2 aliphatic rings. The number of halogens is 1. The van der Waals surface area contributed by atoms with Gasteiger partial charge in [0.2, 0.25) is 0 Å². The van der Waals surface area contributed by atoms with Crippen molar-refractivity contribution in [1.29, 1.82) is 0 Å². The van der Waals surface area contributed by atoms with Crippen molar-refractivity contribution >= 4 is 23.7 Å². The highest BCUT2D eigenvalue weighted by Gasteiger charge is 2.23. The number of hydrogen-bond acceptors (Lipinski definition) is 4. The molecule has 2 fully saturated rings. The van der Waals surface area contributed by atoms with Crippen LogP contribution in [-0.2, 0) is 6.42 Å². The Hall–Kier alpha value is -2.37. The number of benzene rings is 1. The Morgan fingerprint density at radius 2 is 1.93 bits per heavy atom. The van der Waals surface area contributed by atoms with Crippen LogP contribution in [0.3, 0.4) is 0 Å². The lowest BCUT2D eigenvalue weighted by atomic mass is 10.0. The molecule has 1 atom stereocenters. The van der Waals surface area contributed by atoms with Crippen molar-refractivity contribution in [3.63, 3.8) is 0 Å². The lowest BCUT2D eigenvalue weighted by molar-refractivity contribution is 0.713. The highest BCUT2D eigenvalue weighted by Crippen LogP contribution is 2.34. The Morgan fingerprint density at radius 1 is 1.10 bits per heavy atom. The van der Waals surface area contributed by atoms with Crippen LogP contribution < -0.4 is 16.2 Å². The first-order valence-corrected chi connectivity index (χ1v) is 10.4. The average molecular weight is 411 g/mol. The zero-order valence-corrected chi connectivity index (χ0v) is 17.3. The van der Waals surface area contributed by atoms with Gasteiger partial charge in [-0.15, -0.1) is 12.4 Å². The number of rotatable bonds is 6. The van der Waals surface area contributed by atoms with Crippen molar-refractivity contribution in [2.24, 2.45) is 5.92 Å². The standard InChI is InChI=1S/C23H26N4O.ClH/c28-23-22(17-7-9-18(10-8-17)25-19-12-13-24-15-19)20(11-6-16-4-5-16)26-21-3-1-2-14-27(21)23;/h1-3,7-10,14,16,19,24-25H,4-6,11-13,15H2;1H. The molecule has 5 rings (SSSR count). The quantitative estimate of drug-likeness (QED) is 0.647. The third-order valence-electron chi connectivity index (χ3n) is 5.90. The Morgan fingerprint density at radius 3 is 2.66 bits per heavy atom. The molecule has 1 unspecified atom stereocenters. The monoisotopic (exact) mass is 410 g/mol.